The minimum atomic E-state index is -5.14. The quantitative estimate of drug-likeness (QED) is 0.154. The van der Waals surface area contributed by atoms with E-state index in [1.54, 1.807) is 0 Å². The molecule has 2 fully saturated rings. The Labute approximate surface area is 283 Å². The van der Waals surface area contributed by atoms with Crippen LogP contribution in [0.25, 0.3) is 0 Å². The van der Waals surface area contributed by atoms with Crippen LogP contribution in [-0.4, -0.2) is 50.1 Å². The molecule has 1 heterocycles. The maximum atomic E-state index is 14.0. The lowest BCUT2D eigenvalue weighted by Crippen LogP contribution is -2.32. The van der Waals surface area contributed by atoms with E-state index in [-0.39, 0.29) is 35.7 Å². The molecule has 1 aromatic heterocycles. The molecule has 7 nitrogen and oxygen atoms in total. The second kappa shape index (κ2) is 14.1. The van der Waals surface area contributed by atoms with Crippen LogP contribution in [0.2, 0.25) is 0 Å². The Balaban J connectivity index is 1.60. The number of aromatic nitrogens is 2. The van der Waals surface area contributed by atoms with Crippen LogP contribution in [-0.2, 0) is 34.9 Å². The van der Waals surface area contributed by atoms with E-state index in [9.17, 15) is 47.9 Å². The number of sulfone groups is 1. The normalized spacial score (nSPS) is 16.3. The van der Waals surface area contributed by atoms with Crippen molar-refractivity contribution in [1.82, 2.24) is 9.97 Å². The molecule has 2 aromatic carbocycles. The van der Waals surface area contributed by atoms with Gasteiger partial charge < -0.3 is 14.5 Å². The smallest absolute Gasteiger partial charge is 0.416 e. The zero-order chi connectivity index (χ0) is 36.6. The van der Waals surface area contributed by atoms with Gasteiger partial charge in [0.1, 0.15) is 6.61 Å². The van der Waals surface area contributed by atoms with Crippen molar-refractivity contribution < 1.29 is 52.7 Å². The van der Waals surface area contributed by atoms with E-state index < -0.39 is 63.2 Å². The molecule has 0 amide bonds. The second-order valence-corrected chi connectivity index (χ2v) is 15.2. The van der Waals surface area contributed by atoms with Gasteiger partial charge in [-0.25, -0.2) is 18.4 Å². The van der Waals surface area contributed by atoms with Gasteiger partial charge in [0.25, 0.3) is 0 Å². The van der Waals surface area contributed by atoms with Gasteiger partial charge in [-0.05, 0) is 92.0 Å². The van der Waals surface area contributed by atoms with Gasteiger partial charge in [-0.15, -0.1) is 0 Å². The number of hydrogen-bond acceptors (Lipinski definition) is 7. The maximum Gasteiger partial charge on any atom is 0.416 e. The Hall–Kier alpha value is -3.76. The Kier molecular flexibility index (Phi) is 10.6. The average molecular weight is 739 g/mol. The fourth-order valence-corrected chi connectivity index (χ4v) is 5.89. The topological polar surface area (TPSA) is 75.6 Å². The van der Waals surface area contributed by atoms with Crippen LogP contribution in [0.3, 0.4) is 0 Å². The number of hydrogen-bond donors (Lipinski definition) is 0. The third-order valence-electron chi connectivity index (χ3n) is 8.59. The molecule has 5 rings (SSSR count). The standard InChI is InChI=1S/C33H35F9N4O3S/c1-20(23-11-26(32(37,38)39)14-27(12-23)33(40,41)42)46(30-43-15-28(16-44-30)49-9-10-50(2,47)48)19-24-13-25(31(34,35)36)7-8-29(24)45(17-21-3-4-21)18-22-5-6-22/h7-8,11-16,20-22H,3-6,9-10,17-19H2,1-2H3. The third kappa shape index (κ3) is 10.2. The van der Waals surface area contributed by atoms with E-state index in [1.807, 2.05) is 4.90 Å². The van der Waals surface area contributed by atoms with Gasteiger partial charge in [0.2, 0.25) is 5.95 Å². The van der Waals surface area contributed by atoms with Gasteiger partial charge in [-0.2, -0.15) is 39.5 Å². The first kappa shape index (κ1) is 37.5. The Morgan fingerprint density at radius 2 is 1.32 bits per heavy atom. The molecule has 0 aliphatic heterocycles. The van der Waals surface area contributed by atoms with Gasteiger partial charge in [0.05, 0.1) is 40.9 Å². The number of halogens is 9. The number of nitrogens with zero attached hydrogens (tertiary/aromatic N) is 4. The number of alkyl halides is 9. The highest BCUT2D eigenvalue weighted by Gasteiger charge is 2.39. The summed E-state index contributed by atoms with van der Waals surface area (Å²) in [6.07, 6.45) is -7.89. The van der Waals surface area contributed by atoms with Gasteiger partial charge in [0.15, 0.2) is 15.6 Å². The van der Waals surface area contributed by atoms with Crippen molar-refractivity contribution in [3.63, 3.8) is 0 Å². The van der Waals surface area contributed by atoms with E-state index in [0.29, 0.717) is 42.7 Å². The summed E-state index contributed by atoms with van der Waals surface area (Å²) in [7, 11) is -3.37. The fraction of sp³-hybridized carbons (Fsp3) is 0.515. The number of benzene rings is 2. The molecule has 3 aromatic rings. The summed E-state index contributed by atoms with van der Waals surface area (Å²) >= 11 is 0. The summed E-state index contributed by atoms with van der Waals surface area (Å²) in [5.74, 6) is 0.166. The van der Waals surface area contributed by atoms with E-state index in [2.05, 4.69) is 9.97 Å². The minimum Gasteiger partial charge on any atom is -0.489 e. The molecule has 2 aliphatic rings. The Morgan fingerprint density at radius 1 is 0.800 bits per heavy atom. The predicted octanol–water partition coefficient (Wildman–Crippen LogP) is 8.35. The van der Waals surface area contributed by atoms with Crippen LogP contribution in [0, 0.1) is 11.8 Å². The largest absolute Gasteiger partial charge is 0.489 e. The van der Waals surface area contributed by atoms with Crippen LogP contribution in [0.4, 0.5) is 51.1 Å². The lowest BCUT2D eigenvalue weighted by Gasteiger charge is -2.34. The summed E-state index contributed by atoms with van der Waals surface area (Å²) in [6, 6.07) is 3.07. The van der Waals surface area contributed by atoms with Crippen molar-refractivity contribution in [2.75, 3.05) is 41.5 Å². The monoisotopic (exact) mass is 738 g/mol. The molecule has 0 bridgehead atoms. The number of rotatable bonds is 14. The van der Waals surface area contributed by atoms with Crippen LogP contribution in [0.1, 0.15) is 66.5 Å². The number of anilines is 2. The summed E-state index contributed by atoms with van der Waals surface area (Å²) in [4.78, 5) is 11.7. The summed E-state index contributed by atoms with van der Waals surface area (Å²) in [6.45, 7) is 1.82. The summed E-state index contributed by atoms with van der Waals surface area (Å²) in [5, 5.41) is 0. The Morgan fingerprint density at radius 3 is 1.78 bits per heavy atom. The Bertz CT molecular complexity index is 1710. The molecule has 2 saturated carbocycles. The number of ether oxygens (including phenoxy) is 1. The van der Waals surface area contributed by atoms with Gasteiger partial charge in [0, 0.05) is 31.6 Å². The predicted molar refractivity (Wildman–Crippen MR) is 167 cm³/mol. The zero-order valence-corrected chi connectivity index (χ0v) is 27.9. The van der Waals surface area contributed by atoms with Crippen molar-refractivity contribution in [3.05, 3.63) is 76.6 Å². The molecule has 50 heavy (non-hydrogen) atoms. The summed E-state index contributed by atoms with van der Waals surface area (Å²) in [5.41, 5.74) is -3.90. The summed E-state index contributed by atoms with van der Waals surface area (Å²) < 4.78 is 153. The zero-order valence-electron chi connectivity index (χ0n) is 27.0. The highest BCUT2D eigenvalue weighted by atomic mass is 32.2. The van der Waals surface area contributed by atoms with E-state index in [0.717, 1.165) is 56.5 Å². The lowest BCUT2D eigenvalue weighted by molar-refractivity contribution is -0.143. The van der Waals surface area contributed by atoms with E-state index in [1.165, 1.54) is 17.9 Å². The van der Waals surface area contributed by atoms with Gasteiger partial charge in [-0.3, -0.25) is 0 Å². The van der Waals surface area contributed by atoms with Crippen molar-refractivity contribution in [1.29, 1.82) is 0 Å². The highest BCUT2D eigenvalue weighted by molar-refractivity contribution is 7.90. The SMILES string of the molecule is CC(c1cc(C(F)(F)F)cc(C(F)(F)F)c1)N(Cc1cc(C(F)(F)F)ccc1N(CC1CC1)CC1CC1)c1ncc(OCCS(C)(=O)=O)cn1. The molecular weight excluding hydrogens is 703 g/mol. The molecule has 1 unspecified atom stereocenters. The van der Waals surface area contributed by atoms with Crippen molar-refractivity contribution in [2.24, 2.45) is 11.8 Å². The molecule has 2 aliphatic carbocycles. The van der Waals surface area contributed by atoms with Gasteiger partial charge >= 0.3 is 18.5 Å². The van der Waals surface area contributed by atoms with Crippen molar-refractivity contribution in [3.8, 4) is 5.75 Å². The molecule has 0 N–H and O–H groups in total. The molecule has 274 valence electrons. The molecular formula is C33H35F9N4O3S. The first-order valence-electron chi connectivity index (χ1n) is 15.8. The van der Waals surface area contributed by atoms with E-state index >= 15 is 0 Å². The fourth-order valence-electron chi connectivity index (χ4n) is 5.50. The van der Waals surface area contributed by atoms with Crippen LogP contribution < -0.4 is 14.5 Å². The van der Waals surface area contributed by atoms with Crippen LogP contribution in [0.15, 0.2) is 48.8 Å². The molecule has 17 heteroatoms. The maximum absolute atomic E-state index is 14.0. The van der Waals surface area contributed by atoms with Crippen LogP contribution >= 0.6 is 0 Å². The second-order valence-electron chi connectivity index (χ2n) is 13.0. The van der Waals surface area contributed by atoms with E-state index in [4.69, 9.17) is 4.74 Å². The van der Waals surface area contributed by atoms with Crippen molar-refractivity contribution >= 4 is 21.5 Å². The molecule has 0 radical (unpaired) electrons. The first-order valence-corrected chi connectivity index (χ1v) is 17.9. The molecule has 0 spiro atoms. The first-order chi connectivity index (χ1) is 23.2. The highest BCUT2D eigenvalue weighted by Crippen LogP contribution is 2.42. The lowest BCUT2D eigenvalue weighted by atomic mass is 9.98. The van der Waals surface area contributed by atoms with Gasteiger partial charge in [-0.1, -0.05) is 0 Å². The van der Waals surface area contributed by atoms with Crippen molar-refractivity contribution in [2.45, 2.75) is 63.7 Å². The average Bonchev–Trinajstić information content (AvgIpc) is 3.95. The van der Waals surface area contributed by atoms with Crippen LogP contribution in [0.5, 0.6) is 5.75 Å². The molecule has 0 saturated heterocycles. The third-order valence-corrected chi connectivity index (χ3v) is 9.50. The minimum absolute atomic E-state index is 0.00175. The molecule has 1 atom stereocenters.